The van der Waals surface area contributed by atoms with E-state index in [9.17, 15) is 0 Å². The van der Waals surface area contributed by atoms with Gasteiger partial charge >= 0.3 is 0 Å². The van der Waals surface area contributed by atoms with Crippen molar-refractivity contribution in [2.24, 2.45) is 11.8 Å². The van der Waals surface area contributed by atoms with E-state index < -0.39 is 0 Å². The van der Waals surface area contributed by atoms with Crippen molar-refractivity contribution in [3.63, 3.8) is 0 Å². The van der Waals surface area contributed by atoms with Crippen LogP contribution in [0.3, 0.4) is 0 Å². The first-order valence-corrected chi connectivity index (χ1v) is 6.11. The van der Waals surface area contributed by atoms with Crippen LogP contribution in [0.2, 0.25) is 0 Å². The van der Waals surface area contributed by atoms with Gasteiger partial charge in [-0.05, 0) is 58.8 Å². The molecule has 0 aromatic heterocycles. The van der Waals surface area contributed by atoms with Crippen LogP contribution in [0.5, 0.6) is 0 Å². The molecule has 3 fully saturated rings. The Kier molecular flexibility index (Phi) is 2.23. The van der Waals surface area contributed by atoms with Gasteiger partial charge in [-0.3, -0.25) is 4.90 Å². The monoisotopic (exact) mass is 195 g/mol. The van der Waals surface area contributed by atoms with E-state index >= 15 is 0 Å². The molecule has 2 bridgehead atoms. The molecule has 0 aromatic rings. The lowest BCUT2D eigenvalue weighted by Gasteiger charge is -2.60. The second kappa shape index (κ2) is 2.98. The molecule has 1 aliphatic carbocycles. The summed E-state index contributed by atoms with van der Waals surface area (Å²) in [5.41, 5.74) is 0.847. The zero-order valence-corrected chi connectivity index (χ0v) is 10.4. The third-order valence-electron chi connectivity index (χ3n) is 4.50. The highest BCUT2D eigenvalue weighted by Gasteiger charge is 2.49. The molecule has 1 nitrogen and oxygen atoms in total. The molecule has 3 aliphatic rings. The summed E-state index contributed by atoms with van der Waals surface area (Å²) in [5, 5.41) is 0. The lowest BCUT2D eigenvalue weighted by molar-refractivity contribution is -0.100. The van der Waals surface area contributed by atoms with Crippen LogP contribution in [0.1, 0.15) is 53.9 Å². The molecule has 2 aliphatic heterocycles. The van der Waals surface area contributed by atoms with E-state index in [-0.39, 0.29) is 0 Å². The lowest BCUT2D eigenvalue weighted by atomic mass is 9.65. The summed E-state index contributed by atoms with van der Waals surface area (Å²) in [6, 6.07) is 0. The number of rotatable bonds is 0. The summed E-state index contributed by atoms with van der Waals surface area (Å²) in [6.07, 6.45) is 4.29. The van der Waals surface area contributed by atoms with Crippen LogP contribution >= 0.6 is 0 Å². The maximum absolute atomic E-state index is 2.76. The highest BCUT2D eigenvalue weighted by molar-refractivity contribution is 5.04. The minimum absolute atomic E-state index is 0.355. The summed E-state index contributed by atoms with van der Waals surface area (Å²) >= 11 is 0. The van der Waals surface area contributed by atoms with Crippen LogP contribution in [0.25, 0.3) is 0 Å². The van der Waals surface area contributed by atoms with Crippen LogP contribution in [0, 0.1) is 11.8 Å². The maximum Gasteiger partial charge on any atom is 0.0189 e. The second-order valence-corrected chi connectivity index (χ2v) is 6.76. The van der Waals surface area contributed by atoms with Gasteiger partial charge in [-0.1, -0.05) is 6.92 Å². The Morgan fingerprint density at radius 1 is 1.29 bits per heavy atom. The lowest BCUT2D eigenvalue weighted by Crippen LogP contribution is -2.64. The molecular formula is C13H25N. The van der Waals surface area contributed by atoms with Gasteiger partial charge in [0.05, 0.1) is 0 Å². The van der Waals surface area contributed by atoms with Gasteiger partial charge < -0.3 is 0 Å². The fourth-order valence-electron chi connectivity index (χ4n) is 3.80. The van der Waals surface area contributed by atoms with E-state index in [4.69, 9.17) is 0 Å². The van der Waals surface area contributed by atoms with Crippen molar-refractivity contribution in [2.45, 2.75) is 65.0 Å². The zero-order chi connectivity index (χ0) is 10.6. The van der Waals surface area contributed by atoms with E-state index in [2.05, 4.69) is 39.5 Å². The molecule has 0 N–H and O–H groups in total. The van der Waals surface area contributed by atoms with Crippen molar-refractivity contribution in [2.75, 3.05) is 6.54 Å². The Labute approximate surface area is 88.9 Å². The Hall–Kier alpha value is -0.0400. The van der Waals surface area contributed by atoms with Crippen LogP contribution in [0.4, 0.5) is 0 Å². The Balaban J connectivity index is 2.23. The number of hydrogen-bond donors (Lipinski definition) is 0. The van der Waals surface area contributed by atoms with Gasteiger partial charge in [-0.2, -0.15) is 0 Å². The van der Waals surface area contributed by atoms with Crippen LogP contribution in [-0.4, -0.2) is 22.5 Å². The Morgan fingerprint density at radius 2 is 1.93 bits per heavy atom. The number of hydrogen-bond acceptors (Lipinski definition) is 1. The van der Waals surface area contributed by atoms with Crippen LogP contribution < -0.4 is 0 Å². The van der Waals surface area contributed by atoms with E-state index in [1.807, 2.05) is 0 Å². The van der Waals surface area contributed by atoms with Gasteiger partial charge in [0.2, 0.25) is 0 Å². The van der Waals surface area contributed by atoms with Gasteiger partial charge in [0.15, 0.2) is 0 Å². The van der Waals surface area contributed by atoms with Crippen molar-refractivity contribution in [3.8, 4) is 0 Å². The second-order valence-electron chi connectivity index (χ2n) is 6.76. The average molecular weight is 195 g/mol. The molecule has 1 saturated carbocycles. The maximum atomic E-state index is 2.76. The normalized spacial score (nSPS) is 44.4. The SMILES string of the molecule is C[C@@H]1C[C@@]2(C)CC[C@@H]1CN2C(C)(C)C. The molecule has 1 heteroatoms. The summed E-state index contributed by atoms with van der Waals surface area (Å²) in [6.45, 7) is 13.4. The summed E-state index contributed by atoms with van der Waals surface area (Å²) in [7, 11) is 0. The van der Waals surface area contributed by atoms with E-state index in [0.717, 1.165) is 11.8 Å². The van der Waals surface area contributed by atoms with Crippen molar-refractivity contribution in [3.05, 3.63) is 0 Å². The first kappa shape index (κ1) is 10.5. The molecule has 14 heavy (non-hydrogen) atoms. The number of fused-ring (bicyclic) bond motifs is 3. The molecule has 0 amide bonds. The number of nitrogens with zero attached hydrogens (tertiary/aromatic N) is 1. The molecule has 3 rings (SSSR count). The standard InChI is InChI=1S/C13H25N/c1-10-8-13(5)7-6-11(10)9-14(13)12(2,3)4/h10-11H,6-9H2,1-5H3/t10-,11-,13-/m1/s1. The molecule has 2 saturated heterocycles. The smallest absolute Gasteiger partial charge is 0.0189 e. The highest BCUT2D eigenvalue weighted by Crippen LogP contribution is 2.48. The largest absolute Gasteiger partial charge is 0.293 e. The van der Waals surface area contributed by atoms with Gasteiger partial charge in [0.1, 0.15) is 0 Å². The minimum Gasteiger partial charge on any atom is -0.293 e. The van der Waals surface area contributed by atoms with E-state index in [0.29, 0.717) is 11.1 Å². The van der Waals surface area contributed by atoms with Crippen LogP contribution in [-0.2, 0) is 0 Å². The molecule has 0 spiro atoms. The zero-order valence-electron chi connectivity index (χ0n) is 10.4. The summed E-state index contributed by atoms with van der Waals surface area (Å²) in [5.74, 6) is 1.92. The highest BCUT2D eigenvalue weighted by atomic mass is 15.3. The Morgan fingerprint density at radius 3 is 2.36 bits per heavy atom. The third kappa shape index (κ3) is 1.50. The molecule has 82 valence electrons. The van der Waals surface area contributed by atoms with Crippen LogP contribution in [0.15, 0.2) is 0 Å². The van der Waals surface area contributed by atoms with Crippen molar-refractivity contribution in [1.82, 2.24) is 4.90 Å². The van der Waals surface area contributed by atoms with Crippen molar-refractivity contribution in [1.29, 1.82) is 0 Å². The van der Waals surface area contributed by atoms with Crippen molar-refractivity contribution < 1.29 is 0 Å². The molecule has 0 radical (unpaired) electrons. The topological polar surface area (TPSA) is 3.24 Å². The molecule has 0 aromatic carbocycles. The molecule has 2 heterocycles. The first-order chi connectivity index (χ1) is 6.33. The fourth-order valence-corrected chi connectivity index (χ4v) is 3.80. The molecular weight excluding hydrogens is 170 g/mol. The van der Waals surface area contributed by atoms with Gasteiger partial charge in [-0.25, -0.2) is 0 Å². The van der Waals surface area contributed by atoms with E-state index in [1.165, 1.54) is 25.8 Å². The summed E-state index contributed by atoms with van der Waals surface area (Å²) in [4.78, 5) is 2.76. The minimum atomic E-state index is 0.355. The van der Waals surface area contributed by atoms with Gasteiger partial charge in [0.25, 0.3) is 0 Å². The first-order valence-electron chi connectivity index (χ1n) is 6.11. The van der Waals surface area contributed by atoms with E-state index in [1.54, 1.807) is 0 Å². The number of piperidine rings is 2. The summed E-state index contributed by atoms with van der Waals surface area (Å²) < 4.78 is 0. The quantitative estimate of drug-likeness (QED) is 0.573. The van der Waals surface area contributed by atoms with Gasteiger partial charge in [-0.15, -0.1) is 0 Å². The third-order valence-corrected chi connectivity index (χ3v) is 4.50. The predicted octanol–water partition coefficient (Wildman–Crippen LogP) is 3.30. The van der Waals surface area contributed by atoms with Crippen molar-refractivity contribution >= 4 is 0 Å². The molecule has 3 atom stereocenters. The predicted molar refractivity (Wildman–Crippen MR) is 61.4 cm³/mol. The fraction of sp³-hybridized carbons (Fsp3) is 1.00. The Bertz CT molecular complexity index is 228. The average Bonchev–Trinajstić information content (AvgIpc) is 2.00. The van der Waals surface area contributed by atoms with Gasteiger partial charge in [0, 0.05) is 17.6 Å². The molecule has 0 unspecified atom stereocenters.